The second-order valence-corrected chi connectivity index (χ2v) is 5.37. The highest BCUT2D eigenvalue weighted by Crippen LogP contribution is 2.29. The first-order valence-corrected chi connectivity index (χ1v) is 6.36. The molecule has 104 valence electrons. The lowest BCUT2D eigenvalue weighted by Crippen LogP contribution is -2.50. The lowest BCUT2D eigenvalue weighted by molar-refractivity contribution is -0.142. The molecule has 19 heavy (non-hydrogen) atoms. The van der Waals surface area contributed by atoms with Crippen LogP contribution in [0.2, 0.25) is 0 Å². The highest BCUT2D eigenvalue weighted by atomic mass is 19.1. The molecule has 3 N–H and O–H groups in total. The Morgan fingerprint density at radius 3 is 2.79 bits per heavy atom. The highest BCUT2D eigenvalue weighted by Gasteiger charge is 2.42. The van der Waals surface area contributed by atoms with Crippen molar-refractivity contribution >= 4 is 5.97 Å². The van der Waals surface area contributed by atoms with Gasteiger partial charge in [-0.25, -0.2) is 4.39 Å². The van der Waals surface area contributed by atoms with Crippen LogP contribution in [0.1, 0.15) is 30.5 Å². The molecular weight excluding hydrogens is 247 g/mol. The number of likely N-dealkylation sites (tertiary alicyclic amines) is 1. The molecule has 2 atom stereocenters. The van der Waals surface area contributed by atoms with Gasteiger partial charge in [-0.2, -0.15) is 0 Å². The van der Waals surface area contributed by atoms with Crippen molar-refractivity contribution in [2.45, 2.75) is 31.8 Å². The van der Waals surface area contributed by atoms with Crippen molar-refractivity contribution < 1.29 is 14.3 Å². The highest BCUT2D eigenvalue weighted by molar-refractivity contribution is 5.79. The molecule has 0 bridgehead atoms. The van der Waals surface area contributed by atoms with Gasteiger partial charge in [-0.1, -0.05) is 12.1 Å². The predicted octanol–water partition coefficient (Wildman–Crippen LogP) is 1.68. The first-order valence-electron chi connectivity index (χ1n) is 6.36. The van der Waals surface area contributed by atoms with Crippen LogP contribution < -0.4 is 5.73 Å². The molecule has 0 aliphatic carbocycles. The summed E-state index contributed by atoms with van der Waals surface area (Å²) in [5.41, 5.74) is 6.12. The summed E-state index contributed by atoms with van der Waals surface area (Å²) in [7, 11) is 0. The summed E-state index contributed by atoms with van der Waals surface area (Å²) in [5.74, 6) is -1.21. The molecule has 1 saturated heterocycles. The third-order valence-electron chi connectivity index (χ3n) is 3.98. The molecule has 0 spiro atoms. The van der Waals surface area contributed by atoms with Gasteiger partial charge in [0.25, 0.3) is 0 Å². The molecule has 1 aromatic rings. The van der Waals surface area contributed by atoms with Crippen molar-refractivity contribution in [2.75, 3.05) is 13.1 Å². The van der Waals surface area contributed by atoms with Crippen LogP contribution >= 0.6 is 0 Å². The maximum absolute atomic E-state index is 13.6. The van der Waals surface area contributed by atoms with Crippen LogP contribution in [0.25, 0.3) is 0 Å². The number of rotatable bonds is 3. The minimum absolute atomic E-state index is 0.0418. The first-order chi connectivity index (χ1) is 8.83. The molecule has 5 heteroatoms. The van der Waals surface area contributed by atoms with Crippen LogP contribution in [-0.2, 0) is 4.79 Å². The molecule has 1 aromatic carbocycles. The van der Waals surface area contributed by atoms with Gasteiger partial charge in [-0.15, -0.1) is 0 Å². The van der Waals surface area contributed by atoms with Gasteiger partial charge in [0.15, 0.2) is 0 Å². The third-order valence-corrected chi connectivity index (χ3v) is 3.98. The Kier molecular flexibility index (Phi) is 3.60. The minimum atomic E-state index is -1.18. The van der Waals surface area contributed by atoms with Crippen molar-refractivity contribution in [3.8, 4) is 0 Å². The molecule has 1 heterocycles. The van der Waals surface area contributed by atoms with Crippen molar-refractivity contribution in [3.63, 3.8) is 0 Å². The zero-order valence-corrected chi connectivity index (χ0v) is 11.2. The fourth-order valence-corrected chi connectivity index (χ4v) is 2.45. The molecule has 1 aliphatic rings. The summed E-state index contributed by atoms with van der Waals surface area (Å²) in [6.07, 6.45) is 0.418. The van der Waals surface area contributed by atoms with Crippen LogP contribution in [0, 0.1) is 12.7 Å². The monoisotopic (exact) mass is 266 g/mol. The van der Waals surface area contributed by atoms with Crippen molar-refractivity contribution in [2.24, 2.45) is 5.73 Å². The summed E-state index contributed by atoms with van der Waals surface area (Å²) in [4.78, 5) is 13.1. The van der Waals surface area contributed by atoms with Gasteiger partial charge >= 0.3 is 5.97 Å². The number of aryl methyl sites for hydroxylation is 1. The van der Waals surface area contributed by atoms with E-state index in [9.17, 15) is 9.18 Å². The smallest absolute Gasteiger partial charge is 0.325 e. The number of carboxylic acids is 1. The number of carboxylic acid groups (broad SMARTS) is 1. The summed E-state index contributed by atoms with van der Waals surface area (Å²) < 4.78 is 13.6. The number of hydrogen-bond donors (Lipinski definition) is 2. The van der Waals surface area contributed by atoms with Gasteiger partial charge in [-0.05, 0) is 37.5 Å². The Bertz CT molecular complexity index is 506. The normalized spacial score (nSPS) is 25.5. The first kappa shape index (κ1) is 14.0. The molecule has 0 aromatic heterocycles. The average Bonchev–Trinajstić information content (AvgIpc) is 2.76. The Hall–Kier alpha value is -1.46. The molecule has 4 nitrogen and oxygen atoms in total. The predicted molar refractivity (Wildman–Crippen MR) is 70.3 cm³/mol. The second-order valence-electron chi connectivity index (χ2n) is 5.37. The number of carbonyl (C=O) groups is 1. The van der Waals surface area contributed by atoms with Gasteiger partial charge in [0.05, 0.1) is 0 Å². The molecule has 2 unspecified atom stereocenters. The zero-order valence-electron chi connectivity index (χ0n) is 11.2. The van der Waals surface area contributed by atoms with E-state index in [1.807, 2.05) is 17.9 Å². The van der Waals surface area contributed by atoms with Crippen LogP contribution in [0.15, 0.2) is 18.2 Å². The van der Waals surface area contributed by atoms with E-state index >= 15 is 0 Å². The van der Waals surface area contributed by atoms with Crippen molar-refractivity contribution in [1.29, 1.82) is 0 Å². The van der Waals surface area contributed by atoms with Crippen LogP contribution in [0.3, 0.4) is 0 Å². The number of nitrogens with zero attached hydrogens (tertiary/aromatic N) is 1. The topological polar surface area (TPSA) is 66.6 Å². The van der Waals surface area contributed by atoms with E-state index in [4.69, 9.17) is 10.8 Å². The number of aliphatic carboxylic acids is 1. The van der Waals surface area contributed by atoms with Crippen LogP contribution in [0.5, 0.6) is 0 Å². The van der Waals surface area contributed by atoms with Gasteiger partial charge in [0, 0.05) is 19.1 Å². The second kappa shape index (κ2) is 4.90. The van der Waals surface area contributed by atoms with E-state index in [1.54, 1.807) is 13.0 Å². The van der Waals surface area contributed by atoms with Crippen molar-refractivity contribution in [1.82, 2.24) is 4.90 Å². The summed E-state index contributed by atoms with van der Waals surface area (Å²) in [5, 5.41) is 9.11. The molecule has 1 fully saturated rings. The SMILES string of the molecule is Cc1ccc(C(C)N2CCC(N)(C(=O)O)C2)cc1F. The third kappa shape index (κ3) is 2.62. The molecule has 2 rings (SSSR count). The van der Waals surface area contributed by atoms with Gasteiger partial charge in [0.1, 0.15) is 11.4 Å². The molecular formula is C14H19FN2O2. The summed E-state index contributed by atoms with van der Waals surface area (Å²) in [6.45, 7) is 4.56. The average molecular weight is 266 g/mol. The Labute approximate surface area is 112 Å². The van der Waals surface area contributed by atoms with Gasteiger partial charge in [0.2, 0.25) is 0 Å². The Morgan fingerprint density at radius 2 is 2.26 bits per heavy atom. The Balaban J connectivity index is 2.15. The quantitative estimate of drug-likeness (QED) is 0.873. The minimum Gasteiger partial charge on any atom is -0.480 e. The van der Waals surface area contributed by atoms with Gasteiger partial charge < -0.3 is 10.8 Å². The van der Waals surface area contributed by atoms with Crippen molar-refractivity contribution in [3.05, 3.63) is 35.1 Å². The van der Waals surface area contributed by atoms with E-state index in [0.29, 0.717) is 25.1 Å². The number of hydrogen-bond acceptors (Lipinski definition) is 3. The fourth-order valence-electron chi connectivity index (χ4n) is 2.45. The molecule has 1 aliphatic heterocycles. The standard InChI is InChI=1S/C14H19FN2O2/c1-9-3-4-11(7-12(9)15)10(2)17-6-5-14(16,8-17)13(18)19/h3-4,7,10H,5-6,8,16H2,1-2H3,(H,18,19). The summed E-state index contributed by atoms with van der Waals surface area (Å²) in [6, 6.07) is 5.08. The zero-order chi connectivity index (χ0) is 14.2. The summed E-state index contributed by atoms with van der Waals surface area (Å²) >= 11 is 0. The van der Waals surface area contributed by atoms with E-state index in [2.05, 4.69) is 0 Å². The number of halogens is 1. The molecule has 0 amide bonds. The maximum atomic E-state index is 13.6. The lowest BCUT2D eigenvalue weighted by Gasteiger charge is -2.26. The van der Waals surface area contributed by atoms with Crippen LogP contribution in [-0.4, -0.2) is 34.6 Å². The van der Waals surface area contributed by atoms with Crippen LogP contribution in [0.4, 0.5) is 4.39 Å². The van der Waals surface area contributed by atoms with E-state index < -0.39 is 11.5 Å². The van der Waals surface area contributed by atoms with E-state index in [-0.39, 0.29) is 11.9 Å². The molecule has 0 saturated carbocycles. The number of benzene rings is 1. The largest absolute Gasteiger partial charge is 0.480 e. The molecule has 0 radical (unpaired) electrons. The maximum Gasteiger partial charge on any atom is 0.325 e. The fraction of sp³-hybridized carbons (Fsp3) is 0.500. The van der Waals surface area contributed by atoms with E-state index in [1.165, 1.54) is 6.07 Å². The Morgan fingerprint density at radius 1 is 1.58 bits per heavy atom. The van der Waals surface area contributed by atoms with Gasteiger partial charge in [-0.3, -0.25) is 9.69 Å². The number of nitrogens with two attached hydrogens (primary N) is 1. The lowest BCUT2D eigenvalue weighted by atomic mass is 10.0. The van der Waals surface area contributed by atoms with E-state index in [0.717, 1.165) is 5.56 Å².